The van der Waals surface area contributed by atoms with Crippen LogP contribution >= 0.6 is 11.3 Å². The van der Waals surface area contributed by atoms with Crippen molar-refractivity contribution in [3.05, 3.63) is 60.2 Å². The first-order chi connectivity index (χ1) is 12.8. The van der Waals surface area contributed by atoms with Crippen molar-refractivity contribution in [2.24, 2.45) is 0 Å². The zero-order valence-electron chi connectivity index (χ0n) is 14.9. The van der Waals surface area contributed by atoms with E-state index in [1.54, 1.807) is 11.3 Å². The van der Waals surface area contributed by atoms with Gasteiger partial charge in [0.15, 0.2) is 5.13 Å². The number of anilines is 1. The molecule has 0 aliphatic carbocycles. The Labute approximate surface area is 158 Å². The maximum absolute atomic E-state index is 6.52. The Balaban J connectivity index is 1.53. The molecule has 1 aromatic heterocycles. The summed E-state index contributed by atoms with van der Waals surface area (Å²) in [7, 11) is 0. The highest BCUT2D eigenvalue weighted by Gasteiger charge is 2.26. The minimum Gasteiger partial charge on any atom is -0.381 e. The van der Waals surface area contributed by atoms with Gasteiger partial charge in [0.05, 0.1) is 22.4 Å². The third kappa shape index (κ3) is 4.06. The van der Waals surface area contributed by atoms with Crippen LogP contribution in [0.5, 0.6) is 0 Å². The molecule has 0 saturated carbocycles. The molecule has 4 rings (SSSR count). The number of hydrogen-bond acceptors (Lipinski definition) is 5. The van der Waals surface area contributed by atoms with Gasteiger partial charge in [-0.25, -0.2) is 4.98 Å². The van der Waals surface area contributed by atoms with Crippen molar-refractivity contribution in [1.29, 1.82) is 0 Å². The highest BCUT2D eigenvalue weighted by atomic mass is 32.1. The predicted octanol–water partition coefficient (Wildman–Crippen LogP) is 5.03. The maximum atomic E-state index is 6.52. The molecule has 2 heterocycles. The van der Waals surface area contributed by atoms with Crippen molar-refractivity contribution < 1.29 is 9.47 Å². The van der Waals surface area contributed by atoms with E-state index in [0.29, 0.717) is 0 Å². The summed E-state index contributed by atoms with van der Waals surface area (Å²) in [5, 5.41) is 4.51. The molecule has 5 heteroatoms. The van der Waals surface area contributed by atoms with Gasteiger partial charge in [-0.2, -0.15) is 0 Å². The number of hydrogen-bond donors (Lipinski definition) is 1. The number of benzene rings is 2. The zero-order chi connectivity index (χ0) is 17.8. The summed E-state index contributed by atoms with van der Waals surface area (Å²) in [5.74, 6) is 0. The average molecular weight is 369 g/mol. The van der Waals surface area contributed by atoms with Crippen LogP contribution in [-0.2, 0) is 9.47 Å². The Kier molecular flexibility index (Phi) is 5.48. The lowest BCUT2D eigenvalue weighted by atomic mass is 10.0. The van der Waals surface area contributed by atoms with Crippen LogP contribution in [0.3, 0.4) is 0 Å². The van der Waals surface area contributed by atoms with Crippen LogP contribution < -0.4 is 5.32 Å². The first kappa shape index (κ1) is 17.5. The number of ether oxygens (including phenoxy) is 2. The molecule has 2 aromatic carbocycles. The third-order valence-corrected chi connectivity index (χ3v) is 5.70. The second-order valence-electron chi connectivity index (χ2n) is 6.70. The van der Waals surface area contributed by atoms with E-state index in [2.05, 4.69) is 54.7 Å². The van der Waals surface area contributed by atoms with Crippen LogP contribution in [0.25, 0.3) is 10.2 Å². The molecule has 0 spiro atoms. The lowest BCUT2D eigenvalue weighted by molar-refractivity contribution is -0.0738. The summed E-state index contributed by atoms with van der Waals surface area (Å²) in [6.07, 6.45) is 2.13. The van der Waals surface area contributed by atoms with Crippen molar-refractivity contribution >= 4 is 26.7 Å². The molecule has 1 fully saturated rings. The summed E-state index contributed by atoms with van der Waals surface area (Å²) in [6, 6.07) is 18.8. The number of nitrogens with one attached hydrogen (secondary N) is 1. The second-order valence-corrected chi connectivity index (χ2v) is 7.73. The highest BCUT2D eigenvalue weighted by molar-refractivity contribution is 7.22. The fourth-order valence-electron chi connectivity index (χ4n) is 3.35. The molecule has 0 amide bonds. The Hall–Kier alpha value is -1.95. The molecule has 1 aliphatic rings. The standard InChI is InChI=1S/C21H24N2O2S/c1-15(22-21-23-18-9-5-6-10-19(18)26-21)20(16-7-3-2-4-8-16)25-17-11-13-24-14-12-17/h2-10,15,17,20H,11-14H2,1H3,(H,22,23). The molecule has 3 aromatic rings. The number of aromatic nitrogens is 1. The number of thiazole rings is 1. The fraction of sp³-hybridized carbons (Fsp3) is 0.381. The van der Waals surface area contributed by atoms with Gasteiger partial charge in [0, 0.05) is 13.2 Å². The van der Waals surface area contributed by atoms with Crippen molar-refractivity contribution in [2.75, 3.05) is 18.5 Å². The molecule has 2 unspecified atom stereocenters. The SMILES string of the molecule is CC(Nc1nc2ccccc2s1)C(OC1CCOCC1)c1ccccc1. The third-order valence-electron chi connectivity index (χ3n) is 4.73. The van der Waals surface area contributed by atoms with E-state index >= 15 is 0 Å². The summed E-state index contributed by atoms with van der Waals surface area (Å²) in [4.78, 5) is 4.71. The molecular formula is C21H24N2O2S. The minimum atomic E-state index is -0.0219. The smallest absolute Gasteiger partial charge is 0.184 e. The highest BCUT2D eigenvalue weighted by Crippen LogP contribution is 2.31. The van der Waals surface area contributed by atoms with Gasteiger partial charge in [-0.1, -0.05) is 53.8 Å². The van der Waals surface area contributed by atoms with E-state index < -0.39 is 0 Å². The molecule has 1 saturated heterocycles. The van der Waals surface area contributed by atoms with E-state index in [1.807, 2.05) is 12.1 Å². The second kappa shape index (κ2) is 8.16. The molecule has 2 atom stereocenters. The van der Waals surface area contributed by atoms with Crippen molar-refractivity contribution in [2.45, 2.75) is 38.0 Å². The van der Waals surface area contributed by atoms with E-state index in [9.17, 15) is 0 Å². The monoisotopic (exact) mass is 368 g/mol. The Morgan fingerprint density at radius 2 is 1.81 bits per heavy atom. The Morgan fingerprint density at radius 1 is 1.08 bits per heavy atom. The van der Waals surface area contributed by atoms with E-state index in [0.717, 1.165) is 36.7 Å². The van der Waals surface area contributed by atoms with Crippen LogP contribution in [0.15, 0.2) is 54.6 Å². The first-order valence-electron chi connectivity index (χ1n) is 9.20. The first-order valence-corrected chi connectivity index (χ1v) is 10.0. The van der Waals surface area contributed by atoms with Crippen LogP contribution in [0.1, 0.15) is 31.4 Å². The Bertz CT molecular complexity index is 797. The van der Waals surface area contributed by atoms with Crippen molar-refractivity contribution in [3.63, 3.8) is 0 Å². The summed E-state index contributed by atoms with van der Waals surface area (Å²) in [5.41, 5.74) is 2.23. The number of rotatable bonds is 6. The van der Waals surface area contributed by atoms with Gasteiger partial charge in [-0.05, 0) is 37.5 Å². The van der Waals surface area contributed by atoms with Gasteiger partial charge in [0.1, 0.15) is 6.10 Å². The molecule has 4 nitrogen and oxygen atoms in total. The lowest BCUT2D eigenvalue weighted by Gasteiger charge is -2.31. The quantitative estimate of drug-likeness (QED) is 0.662. The van der Waals surface area contributed by atoms with Crippen LogP contribution in [-0.4, -0.2) is 30.3 Å². The molecule has 0 bridgehead atoms. The zero-order valence-corrected chi connectivity index (χ0v) is 15.7. The molecule has 1 N–H and O–H groups in total. The number of nitrogens with zero attached hydrogens (tertiary/aromatic N) is 1. The van der Waals surface area contributed by atoms with Gasteiger partial charge < -0.3 is 14.8 Å². The van der Waals surface area contributed by atoms with Gasteiger partial charge in [0.2, 0.25) is 0 Å². The minimum absolute atomic E-state index is 0.0219. The summed E-state index contributed by atoms with van der Waals surface area (Å²) < 4.78 is 13.2. The molecule has 136 valence electrons. The normalized spacial score (nSPS) is 17.9. The topological polar surface area (TPSA) is 43.4 Å². The largest absolute Gasteiger partial charge is 0.381 e. The van der Waals surface area contributed by atoms with Gasteiger partial charge in [-0.3, -0.25) is 0 Å². The lowest BCUT2D eigenvalue weighted by Crippen LogP contribution is -2.32. The van der Waals surface area contributed by atoms with Crippen molar-refractivity contribution in [3.8, 4) is 0 Å². The van der Waals surface area contributed by atoms with Crippen LogP contribution in [0, 0.1) is 0 Å². The number of para-hydroxylation sites is 1. The average Bonchev–Trinajstić information content (AvgIpc) is 3.09. The molecular weight excluding hydrogens is 344 g/mol. The maximum Gasteiger partial charge on any atom is 0.184 e. The molecule has 1 aliphatic heterocycles. The van der Waals surface area contributed by atoms with Crippen LogP contribution in [0.4, 0.5) is 5.13 Å². The molecule has 0 radical (unpaired) electrons. The summed E-state index contributed by atoms with van der Waals surface area (Å²) >= 11 is 1.69. The van der Waals surface area contributed by atoms with E-state index in [-0.39, 0.29) is 18.2 Å². The number of fused-ring (bicyclic) bond motifs is 1. The van der Waals surface area contributed by atoms with E-state index in [1.165, 1.54) is 10.3 Å². The fourth-order valence-corrected chi connectivity index (χ4v) is 4.31. The molecule has 26 heavy (non-hydrogen) atoms. The summed E-state index contributed by atoms with van der Waals surface area (Å²) in [6.45, 7) is 3.74. The Morgan fingerprint density at radius 3 is 2.58 bits per heavy atom. The van der Waals surface area contributed by atoms with Gasteiger partial charge >= 0.3 is 0 Å². The van der Waals surface area contributed by atoms with Crippen LogP contribution in [0.2, 0.25) is 0 Å². The van der Waals surface area contributed by atoms with Gasteiger partial charge in [-0.15, -0.1) is 0 Å². The van der Waals surface area contributed by atoms with Gasteiger partial charge in [0.25, 0.3) is 0 Å². The van der Waals surface area contributed by atoms with Crippen molar-refractivity contribution in [1.82, 2.24) is 4.98 Å². The predicted molar refractivity (Wildman–Crippen MR) is 107 cm³/mol. The van der Waals surface area contributed by atoms with E-state index in [4.69, 9.17) is 14.5 Å².